The van der Waals surface area contributed by atoms with Gasteiger partial charge in [-0.2, -0.15) is 5.26 Å². The van der Waals surface area contributed by atoms with Crippen LogP contribution in [0.2, 0.25) is 0 Å². The van der Waals surface area contributed by atoms with Crippen LogP contribution in [0.4, 0.5) is 5.82 Å². The van der Waals surface area contributed by atoms with E-state index in [-0.39, 0.29) is 23.6 Å². The van der Waals surface area contributed by atoms with Crippen molar-refractivity contribution in [1.29, 1.82) is 5.26 Å². The number of rotatable bonds is 3. The number of carbonyl (C=O) groups is 1. The number of carbonyl (C=O) groups excluding carboxylic acids is 1. The quantitative estimate of drug-likeness (QED) is 0.844. The molecule has 2 aromatic rings. The number of nitrogens with two attached hydrogens (primary N) is 1. The Morgan fingerprint density at radius 3 is 2.65 bits per heavy atom. The van der Waals surface area contributed by atoms with Gasteiger partial charge in [-0.15, -0.1) is 0 Å². The van der Waals surface area contributed by atoms with E-state index in [1.807, 2.05) is 30.3 Å². The molecule has 0 unspecified atom stereocenters. The first-order valence-electron chi connectivity index (χ1n) is 5.93. The Labute approximate surface area is 124 Å². The van der Waals surface area contributed by atoms with Crippen LogP contribution in [0.1, 0.15) is 22.8 Å². The van der Waals surface area contributed by atoms with Crippen LogP contribution < -0.4 is 5.73 Å². The minimum atomic E-state index is -0.560. The summed E-state index contributed by atoms with van der Waals surface area (Å²) >= 11 is 3.34. The van der Waals surface area contributed by atoms with Gasteiger partial charge in [-0.05, 0) is 24.6 Å². The lowest BCUT2D eigenvalue weighted by atomic mass is 10.1. The summed E-state index contributed by atoms with van der Waals surface area (Å²) in [6, 6.07) is 9.26. The van der Waals surface area contributed by atoms with Crippen LogP contribution in [0, 0.1) is 11.3 Å². The van der Waals surface area contributed by atoms with E-state index < -0.39 is 5.97 Å². The van der Waals surface area contributed by atoms with E-state index in [1.54, 1.807) is 6.92 Å². The molecular weight excluding hydrogens is 322 g/mol. The van der Waals surface area contributed by atoms with Crippen molar-refractivity contribution < 1.29 is 9.53 Å². The highest BCUT2D eigenvalue weighted by molar-refractivity contribution is 9.10. The smallest absolute Gasteiger partial charge is 0.341 e. The van der Waals surface area contributed by atoms with Gasteiger partial charge in [0.25, 0.3) is 0 Å². The molecule has 0 aliphatic carbocycles. The maximum absolute atomic E-state index is 12.0. The molecule has 0 radical (unpaired) electrons. The zero-order chi connectivity index (χ0) is 14.7. The van der Waals surface area contributed by atoms with Crippen molar-refractivity contribution in [2.45, 2.75) is 6.92 Å². The third-order valence-electron chi connectivity index (χ3n) is 2.75. The first-order valence-corrected chi connectivity index (χ1v) is 6.72. The number of anilines is 1. The summed E-state index contributed by atoms with van der Waals surface area (Å²) in [6.45, 7) is 1.94. The van der Waals surface area contributed by atoms with Gasteiger partial charge in [-0.25, -0.2) is 4.79 Å². The fourth-order valence-corrected chi connectivity index (χ4v) is 2.14. The Bertz CT molecular complexity index is 684. The van der Waals surface area contributed by atoms with Crippen LogP contribution in [0.15, 0.2) is 28.7 Å². The van der Waals surface area contributed by atoms with Gasteiger partial charge in [0.1, 0.15) is 23.0 Å². The molecule has 3 N–H and O–H groups in total. The summed E-state index contributed by atoms with van der Waals surface area (Å²) in [7, 11) is 0. The van der Waals surface area contributed by atoms with E-state index in [1.165, 1.54) is 0 Å². The fourth-order valence-electron chi connectivity index (χ4n) is 1.88. The zero-order valence-corrected chi connectivity index (χ0v) is 12.3. The van der Waals surface area contributed by atoms with Gasteiger partial charge in [0.05, 0.1) is 12.3 Å². The number of aromatic amines is 1. The molecule has 1 heterocycles. The summed E-state index contributed by atoms with van der Waals surface area (Å²) in [5.74, 6) is -0.400. The molecule has 0 aliphatic rings. The van der Waals surface area contributed by atoms with Crippen LogP contribution in [-0.4, -0.2) is 17.6 Å². The Hall–Kier alpha value is -2.26. The van der Waals surface area contributed by atoms with E-state index in [2.05, 4.69) is 20.9 Å². The Kier molecular flexibility index (Phi) is 4.11. The molecule has 1 aromatic heterocycles. The number of halogens is 1. The Morgan fingerprint density at radius 1 is 1.45 bits per heavy atom. The van der Waals surface area contributed by atoms with Crippen LogP contribution in [-0.2, 0) is 4.74 Å². The van der Waals surface area contributed by atoms with Crippen molar-refractivity contribution in [2.75, 3.05) is 12.3 Å². The molecule has 0 spiro atoms. The number of aromatic nitrogens is 1. The third-order valence-corrected chi connectivity index (χ3v) is 3.28. The second kappa shape index (κ2) is 5.80. The number of nitrogen functional groups attached to an aromatic ring is 1. The Morgan fingerprint density at radius 2 is 2.10 bits per heavy atom. The first-order chi connectivity index (χ1) is 9.58. The van der Waals surface area contributed by atoms with Crippen molar-refractivity contribution in [3.63, 3.8) is 0 Å². The predicted molar refractivity (Wildman–Crippen MR) is 79.0 cm³/mol. The number of nitriles is 1. The van der Waals surface area contributed by atoms with Crippen molar-refractivity contribution >= 4 is 27.7 Å². The topological polar surface area (TPSA) is 91.9 Å². The SMILES string of the molecule is CCOC(=O)c1c(-c2ccc(Br)cc2)[nH]c(N)c1C#N. The van der Waals surface area contributed by atoms with E-state index in [0.29, 0.717) is 5.69 Å². The first kappa shape index (κ1) is 14.2. The number of benzene rings is 1. The van der Waals surface area contributed by atoms with Gasteiger partial charge in [-0.1, -0.05) is 28.1 Å². The monoisotopic (exact) mass is 333 g/mol. The number of H-pyrrole nitrogens is 1. The molecule has 0 fully saturated rings. The lowest BCUT2D eigenvalue weighted by Crippen LogP contribution is -2.07. The van der Waals surface area contributed by atoms with Gasteiger partial charge in [-0.3, -0.25) is 0 Å². The van der Waals surface area contributed by atoms with Crippen molar-refractivity contribution in [2.24, 2.45) is 0 Å². The van der Waals surface area contributed by atoms with Crippen LogP contribution >= 0.6 is 15.9 Å². The molecular formula is C14H12BrN3O2. The highest BCUT2D eigenvalue weighted by Crippen LogP contribution is 2.30. The predicted octanol–water partition coefficient (Wildman–Crippen LogP) is 3.07. The lowest BCUT2D eigenvalue weighted by Gasteiger charge is -2.04. The van der Waals surface area contributed by atoms with Gasteiger partial charge in [0, 0.05) is 4.47 Å². The molecule has 0 aliphatic heterocycles. The van der Waals surface area contributed by atoms with E-state index >= 15 is 0 Å². The van der Waals surface area contributed by atoms with E-state index in [9.17, 15) is 4.79 Å². The highest BCUT2D eigenvalue weighted by Gasteiger charge is 2.24. The maximum atomic E-state index is 12.0. The second-order valence-electron chi connectivity index (χ2n) is 4.00. The van der Waals surface area contributed by atoms with Gasteiger partial charge in [0.2, 0.25) is 0 Å². The lowest BCUT2D eigenvalue weighted by molar-refractivity contribution is 0.0527. The minimum Gasteiger partial charge on any atom is -0.462 e. The van der Waals surface area contributed by atoms with Crippen molar-refractivity contribution in [1.82, 2.24) is 4.98 Å². The van der Waals surface area contributed by atoms with Gasteiger partial charge < -0.3 is 15.5 Å². The largest absolute Gasteiger partial charge is 0.462 e. The summed E-state index contributed by atoms with van der Waals surface area (Å²) in [4.78, 5) is 14.9. The molecule has 5 nitrogen and oxygen atoms in total. The number of hydrogen-bond donors (Lipinski definition) is 2. The second-order valence-corrected chi connectivity index (χ2v) is 4.92. The summed E-state index contributed by atoms with van der Waals surface area (Å²) in [5, 5.41) is 9.16. The van der Waals surface area contributed by atoms with Crippen molar-refractivity contribution in [3.8, 4) is 17.3 Å². The third kappa shape index (κ3) is 2.53. The molecule has 1 aromatic carbocycles. The Balaban J connectivity index is 2.61. The van der Waals surface area contributed by atoms with Crippen LogP contribution in [0.3, 0.4) is 0 Å². The number of ether oxygens (including phenoxy) is 1. The van der Waals surface area contributed by atoms with Gasteiger partial charge in [0.15, 0.2) is 0 Å². The summed E-state index contributed by atoms with van der Waals surface area (Å²) < 4.78 is 5.91. The maximum Gasteiger partial charge on any atom is 0.341 e. The molecule has 0 saturated carbocycles. The average Bonchev–Trinajstić information content (AvgIpc) is 2.76. The fraction of sp³-hybridized carbons (Fsp3) is 0.143. The summed E-state index contributed by atoms with van der Waals surface area (Å²) in [5.41, 5.74) is 7.29. The number of hydrogen-bond acceptors (Lipinski definition) is 4. The molecule has 2 rings (SSSR count). The molecule has 0 atom stereocenters. The zero-order valence-electron chi connectivity index (χ0n) is 10.7. The molecule has 20 heavy (non-hydrogen) atoms. The van der Waals surface area contributed by atoms with Crippen LogP contribution in [0.25, 0.3) is 11.3 Å². The number of nitrogens with one attached hydrogen (secondary N) is 1. The normalized spacial score (nSPS) is 10.1. The van der Waals surface area contributed by atoms with Crippen LogP contribution in [0.5, 0.6) is 0 Å². The molecule has 6 heteroatoms. The molecule has 102 valence electrons. The minimum absolute atomic E-state index is 0.112. The van der Waals surface area contributed by atoms with E-state index in [0.717, 1.165) is 10.0 Å². The molecule has 0 saturated heterocycles. The molecule has 0 bridgehead atoms. The van der Waals surface area contributed by atoms with Gasteiger partial charge >= 0.3 is 5.97 Å². The number of esters is 1. The number of nitrogens with zero attached hydrogens (tertiary/aromatic N) is 1. The standard InChI is InChI=1S/C14H12BrN3O2/c1-2-20-14(19)11-10(7-16)13(17)18-12(11)8-3-5-9(15)6-4-8/h3-6,18H,2,17H2,1H3. The molecule has 0 amide bonds. The van der Waals surface area contributed by atoms with Crippen molar-refractivity contribution in [3.05, 3.63) is 39.9 Å². The average molecular weight is 334 g/mol. The highest BCUT2D eigenvalue weighted by atomic mass is 79.9. The van der Waals surface area contributed by atoms with E-state index in [4.69, 9.17) is 15.7 Å². The summed E-state index contributed by atoms with van der Waals surface area (Å²) in [6.07, 6.45) is 0.